The van der Waals surface area contributed by atoms with Gasteiger partial charge in [0.05, 0.1) is 10.7 Å². The highest BCUT2D eigenvalue weighted by atomic mass is 35.5. The molecule has 0 unspecified atom stereocenters. The van der Waals surface area contributed by atoms with Crippen LogP contribution in [0.25, 0.3) is 0 Å². The lowest BCUT2D eigenvalue weighted by Gasteiger charge is -2.36. The fourth-order valence-electron chi connectivity index (χ4n) is 3.75. The smallest absolute Gasteiger partial charge is 0.265 e. The number of piperazine rings is 2. The van der Waals surface area contributed by atoms with Crippen LogP contribution in [0.4, 0.5) is 11.6 Å². The zero-order valence-corrected chi connectivity index (χ0v) is 17.2. The van der Waals surface area contributed by atoms with Crippen molar-refractivity contribution >= 4 is 29.1 Å². The Bertz CT molecular complexity index is 933. The maximum atomic E-state index is 12.7. The zero-order valence-electron chi connectivity index (χ0n) is 16.5. The van der Waals surface area contributed by atoms with Crippen molar-refractivity contribution in [2.24, 2.45) is 0 Å². The number of nitrogens with zero attached hydrogens (tertiary/aromatic N) is 5. The van der Waals surface area contributed by atoms with E-state index in [0.29, 0.717) is 32.1 Å². The number of hydrogen-bond acceptors (Lipinski definition) is 6. The Morgan fingerprint density at radius 3 is 2.31 bits per heavy atom. The van der Waals surface area contributed by atoms with E-state index in [0.717, 1.165) is 36.9 Å². The Balaban J connectivity index is 1.42. The van der Waals surface area contributed by atoms with E-state index >= 15 is 0 Å². The second-order valence-corrected chi connectivity index (χ2v) is 7.88. The summed E-state index contributed by atoms with van der Waals surface area (Å²) in [7, 11) is 2.02. The normalized spacial score (nSPS) is 18.2. The number of carbonyl (C=O) groups is 1. The van der Waals surface area contributed by atoms with Crippen molar-refractivity contribution in [3.63, 3.8) is 0 Å². The van der Waals surface area contributed by atoms with E-state index in [2.05, 4.69) is 19.8 Å². The maximum absolute atomic E-state index is 12.7. The second-order valence-electron chi connectivity index (χ2n) is 7.47. The molecule has 1 N–H and O–H groups in total. The highest BCUT2D eigenvalue weighted by Crippen LogP contribution is 2.26. The number of aromatic nitrogens is 2. The van der Waals surface area contributed by atoms with Crippen molar-refractivity contribution in [2.45, 2.75) is 0 Å². The first kappa shape index (κ1) is 19.7. The minimum atomic E-state index is -0.382. The van der Waals surface area contributed by atoms with Gasteiger partial charge in [-0.15, -0.1) is 0 Å². The van der Waals surface area contributed by atoms with Gasteiger partial charge >= 0.3 is 0 Å². The first-order chi connectivity index (χ1) is 14.0. The van der Waals surface area contributed by atoms with Gasteiger partial charge in [0.15, 0.2) is 0 Å². The highest BCUT2D eigenvalue weighted by Gasteiger charge is 2.25. The number of H-pyrrole nitrogens is 1. The molecule has 0 radical (unpaired) electrons. The molecule has 0 saturated carbocycles. The monoisotopic (exact) mass is 416 g/mol. The number of carbonyl (C=O) groups excluding carboxylic acids is 1. The van der Waals surface area contributed by atoms with E-state index in [9.17, 15) is 9.59 Å². The molecule has 2 aromatic rings. The van der Waals surface area contributed by atoms with Crippen LogP contribution in [0, 0.1) is 0 Å². The Hall–Kier alpha value is -2.58. The van der Waals surface area contributed by atoms with Gasteiger partial charge in [-0.25, -0.2) is 4.98 Å². The molecule has 2 aliphatic heterocycles. The Morgan fingerprint density at radius 2 is 1.66 bits per heavy atom. The van der Waals surface area contributed by atoms with Crippen LogP contribution in [0.2, 0.25) is 5.02 Å². The summed E-state index contributed by atoms with van der Waals surface area (Å²) in [4.78, 5) is 40.5. The van der Waals surface area contributed by atoms with Crippen molar-refractivity contribution in [1.29, 1.82) is 0 Å². The van der Waals surface area contributed by atoms with E-state index in [-0.39, 0.29) is 17.0 Å². The van der Waals surface area contributed by atoms with Crippen molar-refractivity contribution < 1.29 is 4.79 Å². The van der Waals surface area contributed by atoms with E-state index in [1.807, 2.05) is 36.2 Å². The van der Waals surface area contributed by atoms with Crippen LogP contribution in [0.1, 0.15) is 10.4 Å². The molecule has 0 spiro atoms. The van der Waals surface area contributed by atoms with Crippen molar-refractivity contribution in [2.75, 3.05) is 69.2 Å². The number of hydrogen-bond donors (Lipinski definition) is 1. The summed E-state index contributed by atoms with van der Waals surface area (Å²) in [5.41, 5.74) is 0.740. The van der Waals surface area contributed by atoms with E-state index < -0.39 is 0 Å². The number of likely N-dealkylation sites (N-methyl/N-ethyl adjacent to an activating group) is 1. The fourth-order valence-corrected chi connectivity index (χ4v) is 4.00. The molecule has 9 heteroatoms. The Kier molecular flexibility index (Phi) is 5.73. The van der Waals surface area contributed by atoms with Gasteiger partial charge < -0.3 is 19.6 Å². The highest BCUT2D eigenvalue weighted by molar-refractivity contribution is 6.33. The number of benzene rings is 1. The Morgan fingerprint density at radius 1 is 1.00 bits per heavy atom. The summed E-state index contributed by atoms with van der Waals surface area (Å²) >= 11 is 6.30. The first-order valence-electron chi connectivity index (χ1n) is 9.84. The number of halogens is 1. The molecule has 1 aromatic carbocycles. The summed E-state index contributed by atoms with van der Waals surface area (Å²) in [5.74, 6) is 0.255. The number of anilines is 2. The lowest BCUT2D eigenvalue weighted by molar-refractivity contribution is 0.0662. The molecule has 0 atom stereocenters. The number of para-hydroxylation sites is 1. The SMILES string of the molecule is CN1CCN(C(=O)c2cnc(N3CCN(c4ccccc4Cl)CC3)[nH]c2=O)CC1. The number of aromatic amines is 1. The summed E-state index contributed by atoms with van der Waals surface area (Å²) < 4.78 is 0. The third-order valence-electron chi connectivity index (χ3n) is 5.58. The van der Waals surface area contributed by atoms with Crippen LogP contribution >= 0.6 is 11.6 Å². The van der Waals surface area contributed by atoms with Crippen LogP contribution in [0.5, 0.6) is 0 Å². The summed E-state index contributed by atoms with van der Waals surface area (Å²) in [5, 5.41) is 0.735. The molecule has 0 aliphatic carbocycles. The largest absolute Gasteiger partial charge is 0.367 e. The summed E-state index contributed by atoms with van der Waals surface area (Å²) in [6.07, 6.45) is 1.41. The fraction of sp³-hybridized carbons (Fsp3) is 0.450. The summed E-state index contributed by atoms with van der Waals surface area (Å²) in [6, 6.07) is 7.79. The third-order valence-corrected chi connectivity index (χ3v) is 5.90. The quantitative estimate of drug-likeness (QED) is 0.808. The molecule has 2 saturated heterocycles. The number of nitrogens with one attached hydrogen (secondary N) is 1. The van der Waals surface area contributed by atoms with E-state index in [4.69, 9.17) is 11.6 Å². The van der Waals surface area contributed by atoms with Crippen LogP contribution in [-0.2, 0) is 0 Å². The lowest BCUT2D eigenvalue weighted by Crippen LogP contribution is -2.49. The van der Waals surface area contributed by atoms with Gasteiger partial charge in [-0.2, -0.15) is 0 Å². The zero-order chi connectivity index (χ0) is 20.4. The first-order valence-corrected chi connectivity index (χ1v) is 10.2. The molecule has 29 heavy (non-hydrogen) atoms. The van der Waals surface area contributed by atoms with Crippen molar-refractivity contribution in [3.05, 3.63) is 51.4 Å². The van der Waals surface area contributed by atoms with E-state index in [1.54, 1.807) is 4.90 Å². The molecule has 1 amide bonds. The second kappa shape index (κ2) is 8.42. The average molecular weight is 417 g/mol. The van der Waals surface area contributed by atoms with Crippen molar-refractivity contribution in [1.82, 2.24) is 19.8 Å². The third kappa shape index (κ3) is 4.23. The molecule has 8 nitrogen and oxygen atoms in total. The number of amides is 1. The molecule has 1 aromatic heterocycles. The van der Waals surface area contributed by atoms with Gasteiger partial charge in [0.1, 0.15) is 5.56 Å². The topological polar surface area (TPSA) is 75.8 Å². The molecule has 3 heterocycles. The standard InChI is InChI=1S/C20H25ClN6O2/c1-24-6-8-26(9-7-24)19(29)15-14-22-20(23-18(15)28)27-12-10-25(11-13-27)17-5-3-2-4-16(17)21/h2-5,14H,6-13H2,1H3,(H,22,23,28). The maximum Gasteiger partial charge on any atom is 0.265 e. The van der Waals surface area contributed by atoms with Gasteiger partial charge in [-0.1, -0.05) is 23.7 Å². The van der Waals surface area contributed by atoms with Crippen LogP contribution < -0.4 is 15.4 Å². The predicted molar refractivity (Wildman–Crippen MR) is 114 cm³/mol. The van der Waals surface area contributed by atoms with Crippen LogP contribution in [0.15, 0.2) is 35.3 Å². The van der Waals surface area contributed by atoms with Gasteiger partial charge in [0.25, 0.3) is 11.5 Å². The van der Waals surface area contributed by atoms with Gasteiger partial charge in [-0.05, 0) is 19.2 Å². The lowest BCUT2D eigenvalue weighted by atomic mass is 10.2. The van der Waals surface area contributed by atoms with Gasteiger partial charge in [0.2, 0.25) is 5.95 Å². The van der Waals surface area contributed by atoms with Crippen LogP contribution in [0.3, 0.4) is 0 Å². The van der Waals surface area contributed by atoms with Crippen molar-refractivity contribution in [3.8, 4) is 0 Å². The minimum Gasteiger partial charge on any atom is -0.367 e. The molecule has 2 fully saturated rings. The van der Waals surface area contributed by atoms with E-state index in [1.165, 1.54) is 6.20 Å². The molecule has 4 rings (SSSR count). The molecule has 2 aliphatic rings. The van der Waals surface area contributed by atoms with Crippen LogP contribution in [-0.4, -0.2) is 85.1 Å². The Labute approximate surface area is 174 Å². The molecular formula is C20H25ClN6O2. The predicted octanol–water partition coefficient (Wildman–Crippen LogP) is 1.14. The summed E-state index contributed by atoms with van der Waals surface area (Å²) in [6.45, 7) is 5.83. The number of rotatable bonds is 3. The molecular weight excluding hydrogens is 392 g/mol. The molecule has 154 valence electrons. The van der Waals surface area contributed by atoms with Gasteiger partial charge in [-0.3, -0.25) is 14.6 Å². The van der Waals surface area contributed by atoms with Gasteiger partial charge in [0, 0.05) is 58.6 Å². The molecule has 0 bridgehead atoms. The minimum absolute atomic E-state index is 0.105. The average Bonchev–Trinajstić information content (AvgIpc) is 2.74.